The number of aromatic nitrogens is 2. The maximum Gasteiger partial charge on any atom is 0.332 e. The maximum atomic E-state index is 11.7. The number of nitrogens with two attached hydrogens (primary N) is 1. The molecule has 0 bridgehead atoms. The maximum absolute atomic E-state index is 11.7. The molecule has 100 valence electrons. The van der Waals surface area contributed by atoms with Crippen LogP contribution in [0.4, 0.5) is 11.5 Å². The van der Waals surface area contributed by atoms with Gasteiger partial charge in [-0.25, -0.2) is 4.79 Å². The van der Waals surface area contributed by atoms with Gasteiger partial charge >= 0.3 is 5.69 Å². The van der Waals surface area contributed by atoms with Crippen LogP contribution in [0.2, 0.25) is 0 Å². The average molecular weight is 256 g/mol. The van der Waals surface area contributed by atoms with Gasteiger partial charge in [0.2, 0.25) is 0 Å². The molecular weight excluding hydrogens is 240 g/mol. The summed E-state index contributed by atoms with van der Waals surface area (Å²) in [4.78, 5) is 23.4. The van der Waals surface area contributed by atoms with Gasteiger partial charge in [-0.05, 0) is 0 Å². The van der Waals surface area contributed by atoms with E-state index < -0.39 is 11.2 Å². The van der Waals surface area contributed by atoms with Gasteiger partial charge in [-0.15, -0.1) is 0 Å². The highest BCUT2D eigenvalue weighted by Crippen LogP contribution is 2.11. The normalized spacial score (nSPS) is 16.1. The van der Waals surface area contributed by atoms with Crippen molar-refractivity contribution in [2.24, 2.45) is 14.1 Å². The monoisotopic (exact) mass is 256 g/mol. The molecule has 1 saturated heterocycles. The highest BCUT2D eigenvalue weighted by Gasteiger charge is 2.18. The molecular formula is C10H16N4O4. The van der Waals surface area contributed by atoms with Crippen molar-refractivity contribution < 1.29 is 9.47 Å². The van der Waals surface area contributed by atoms with Crippen molar-refractivity contribution in [1.29, 1.82) is 0 Å². The summed E-state index contributed by atoms with van der Waals surface area (Å²) >= 11 is 0. The number of hydrogen-bond donors (Lipinski definition) is 2. The van der Waals surface area contributed by atoms with E-state index in [9.17, 15) is 9.59 Å². The molecule has 1 aliphatic heterocycles. The quantitative estimate of drug-likeness (QED) is 0.679. The van der Waals surface area contributed by atoms with Crippen LogP contribution in [0.25, 0.3) is 0 Å². The second-order valence-corrected chi connectivity index (χ2v) is 4.02. The Morgan fingerprint density at radius 2 is 1.89 bits per heavy atom. The van der Waals surface area contributed by atoms with Crippen molar-refractivity contribution in [2.45, 2.75) is 6.29 Å². The first-order valence-electron chi connectivity index (χ1n) is 5.55. The molecule has 2 rings (SSSR count). The van der Waals surface area contributed by atoms with Crippen molar-refractivity contribution in [3.63, 3.8) is 0 Å². The third kappa shape index (κ3) is 2.12. The molecule has 1 aromatic heterocycles. The van der Waals surface area contributed by atoms with Gasteiger partial charge in [-0.3, -0.25) is 13.9 Å². The van der Waals surface area contributed by atoms with Crippen LogP contribution < -0.4 is 22.3 Å². The molecule has 18 heavy (non-hydrogen) atoms. The lowest BCUT2D eigenvalue weighted by Gasteiger charge is -2.16. The van der Waals surface area contributed by atoms with Gasteiger partial charge < -0.3 is 20.5 Å². The molecule has 0 atom stereocenters. The summed E-state index contributed by atoms with van der Waals surface area (Å²) in [5, 5.41) is 2.91. The SMILES string of the molecule is Cn1c(NCC2OCCO2)c(N)c(=O)n(C)c1=O. The average Bonchev–Trinajstić information content (AvgIpc) is 2.87. The van der Waals surface area contributed by atoms with E-state index in [0.717, 1.165) is 4.57 Å². The Balaban J connectivity index is 2.27. The first kappa shape index (κ1) is 12.7. The summed E-state index contributed by atoms with van der Waals surface area (Å²) < 4.78 is 12.7. The van der Waals surface area contributed by atoms with Gasteiger partial charge in [-0.1, -0.05) is 0 Å². The molecule has 0 saturated carbocycles. The summed E-state index contributed by atoms with van der Waals surface area (Å²) in [5.74, 6) is 0.280. The Labute approximate surface area is 103 Å². The second kappa shape index (κ2) is 4.83. The van der Waals surface area contributed by atoms with Crippen molar-refractivity contribution in [3.8, 4) is 0 Å². The number of nitrogens with zero attached hydrogens (tertiary/aromatic N) is 2. The van der Waals surface area contributed by atoms with E-state index in [4.69, 9.17) is 15.2 Å². The Kier molecular flexibility index (Phi) is 3.39. The number of anilines is 2. The highest BCUT2D eigenvalue weighted by atomic mass is 16.7. The second-order valence-electron chi connectivity index (χ2n) is 4.02. The van der Waals surface area contributed by atoms with E-state index in [2.05, 4.69) is 5.32 Å². The fourth-order valence-corrected chi connectivity index (χ4v) is 1.79. The zero-order valence-corrected chi connectivity index (χ0v) is 10.3. The minimum absolute atomic E-state index is 0.00223. The summed E-state index contributed by atoms with van der Waals surface area (Å²) in [5.41, 5.74) is 4.74. The lowest BCUT2D eigenvalue weighted by Crippen LogP contribution is -2.40. The Hall–Kier alpha value is -1.80. The van der Waals surface area contributed by atoms with Crippen molar-refractivity contribution in [1.82, 2.24) is 9.13 Å². The van der Waals surface area contributed by atoms with Crippen LogP contribution in [0.5, 0.6) is 0 Å². The van der Waals surface area contributed by atoms with E-state index in [1.54, 1.807) is 0 Å². The van der Waals surface area contributed by atoms with Crippen LogP contribution >= 0.6 is 0 Å². The topological polar surface area (TPSA) is 101 Å². The van der Waals surface area contributed by atoms with Crippen molar-refractivity contribution >= 4 is 11.5 Å². The molecule has 0 amide bonds. The number of rotatable bonds is 3. The van der Waals surface area contributed by atoms with Crippen LogP contribution in [0.15, 0.2) is 9.59 Å². The number of nitrogens with one attached hydrogen (secondary N) is 1. The number of ether oxygens (including phenoxy) is 2. The molecule has 0 aliphatic carbocycles. The van der Waals surface area contributed by atoms with E-state index in [0.29, 0.717) is 19.8 Å². The van der Waals surface area contributed by atoms with Gasteiger partial charge in [-0.2, -0.15) is 0 Å². The summed E-state index contributed by atoms with van der Waals surface area (Å²) in [6.07, 6.45) is -0.386. The smallest absolute Gasteiger partial charge is 0.332 e. The Bertz CT molecular complexity index is 519. The first-order valence-corrected chi connectivity index (χ1v) is 5.55. The van der Waals surface area contributed by atoms with Crippen LogP contribution in [-0.2, 0) is 23.6 Å². The zero-order valence-electron chi connectivity index (χ0n) is 10.3. The fraction of sp³-hybridized carbons (Fsp3) is 0.600. The van der Waals surface area contributed by atoms with Gasteiger partial charge in [0.15, 0.2) is 6.29 Å². The van der Waals surface area contributed by atoms with Gasteiger partial charge in [0, 0.05) is 14.1 Å². The first-order chi connectivity index (χ1) is 8.52. The Morgan fingerprint density at radius 1 is 1.28 bits per heavy atom. The van der Waals surface area contributed by atoms with Crippen molar-refractivity contribution in [3.05, 3.63) is 20.8 Å². The largest absolute Gasteiger partial charge is 0.391 e. The molecule has 8 heteroatoms. The number of nitrogen functional groups attached to an aromatic ring is 1. The Morgan fingerprint density at radius 3 is 2.50 bits per heavy atom. The predicted octanol–water partition coefficient (Wildman–Crippen LogP) is -1.55. The summed E-state index contributed by atoms with van der Waals surface area (Å²) in [6, 6.07) is 0. The van der Waals surface area contributed by atoms with E-state index >= 15 is 0 Å². The molecule has 8 nitrogen and oxygen atoms in total. The molecule has 2 heterocycles. The minimum Gasteiger partial charge on any atom is -0.391 e. The molecule has 0 unspecified atom stereocenters. The zero-order chi connectivity index (χ0) is 13.3. The van der Waals surface area contributed by atoms with Crippen LogP contribution in [0.3, 0.4) is 0 Å². The van der Waals surface area contributed by atoms with Gasteiger partial charge in [0.1, 0.15) is 11.5 Å². The molecule has 3 N–H and O–H groups in total. The van der Waals surface area contributed by atoms with Crippen LogP contribution in [-0.4, -0.2) is 35.2 Å². The molecule has 1 aromatic rings. The lowest BCUT2D eigenvalue weighted by molar-refractivity contribution is -0.0300. The third-order valence-corrected chi connectivity index (χ3v) is 2.83. The van der Waals surface area contributed by atoms with E-state index in [1.807, 2.05) is 0 Å². The predicted molar refractivity (Wildman–Crippen MR) is 65.5 cm³/mol. The van der Waals surface area contributed by atoms with E-state index in [1.165, 1.54) is 18.7 Å². The van der Waals surface area contributed by atoms with Crippen LogP contribution in [0, 0.1) is 0 Å². The molecule has 0 radical (unpaired) electrons. The summed E-state index contributed by atoms with van der Waals surface area (Å²) in [6.45, 7) is 1.40. The highest BCUT2D eigenvalue weighted by molar-refractivity contribution is 5.60. The molecule has 0 aromatic carbocycles. The lowest BCUT2D eigenvalue weighted by atomic mass is 10.4. The van der Waals surface area contributed by atoms with Crippen LogP contribution in [0.1, 0.15) is 0 Å². The molecule has 1 aliphatic rings. The standard InChI is InChI=1S/C10H16N4O4/c1-13-8(12-5-6-17-3-4-18-6)7(11)9(15)14(2)10(13)16/h6,12H,3-5,11H2,1-2H3. The van der Waals surface area contributed by atoms with Gasteiger partial charge in [0.25, 0.3) is 5.56 Å². The molecule has 0 spiro atoms. The third-order valence-electron chi connectivity index (χ3n) is 2.83. The molecule has 1 fully saturated rings. The van der Waals surface area contributed by atoms with Crippen molar-refractivity contribution in [2.75, 3.05) is 30.8 Å². The number of hydrogen-bond acceptors (Lipinski definition) is 6. The summed E-state index contributed by atoms with van der Waals surface area (Å²) in [7, 11) is 2.92. The van der Waals surface area contributed by atoms with Gasteiger partial charge in [0.05, 0.1) is 19.8 Å². The minimum atomic E-state index is -0.520. The van der Waals surface area contributed by atoms with E-state index in [-0.39, 0.29) is 17.8 Å². The fourth-order valence-electron chi connectivity index (χ4n) is 1.79.